The Kier molecular flexibility index (Phi) is 8.11. The van der Waals surface area contributed by atoms with Crippen LogP contribution in [-0.2, 0) is 12.7 Å². The Balaban J connectivity index is 0.00000288. The van der Waals surface area contributed by atoms with Crippen molar-refractivity contribution < 1.29 is 17.9 Å². The van der Waals surface area contributed by atoms with Gasteiger partial charge >= 0.3 is 6.18 Å². The Labute approximate surface area is 157 Å². The third-order valence-corrected chi connectivity index (χ3v) is 3.63. The van der Waals surface area contributed by atoms with Gasteiger partial charge in [-0.05, 0) is 43.4 Å². The topological polar surface area (TPSA) is 45.7 Å². The predicted octanol–water partition coefficient (Wildman–Crippen LogP) is 3.80. The fraction of sp³-hybridized carbons (Fsp3) is 0.562. The molecular weight excluding hydrogens is 434 g/mol. The average molecular weight is 457 g/mol. The van der Waals surface area contributed by atoms with Gasteiger partial charge < -0.3 is 15.4 Å². The molecule has 2 rings (SSSR count). The molecule has 1 fully saturated rings. The van der Waals surface area contributed by atoms with Crippen LogP contribution in [0.1, 0.15) is 30.9 Å². The number of guanidine groups is 1. The number of methoxy groups -OCH3 is 1. The van der Waals surface area contributed by atoms with E-state index in [-0.39, 0.29) is 41.8 Å². The first-order valence-corrected chi connectivity index (χ1v) is 7.70. The molecule has 0 amide bonds. The maximum atomic E-state index is 13.2. The predicted molar refractivity (Wildman–Crippen MR) is 99.0 cm³/mol. The van der Waals surface area contributed by atoms with E-state index >= 15 is 0 Å². The van der Waals surface area contributed by atoms with E-state index in [9.17, 15) is 13.2 Å². The van der Waals surface area contributed by atoms with Crippen LogP contribution in [0.2, 0.25) is 0 Å². The Morgan fingerprint density at radius 3 is 2.54 bits per heavy atom. The van der Waals surface area contributed by atoms with Crippen LogP contribution >= 0.6 is 24.0 Å². The van der Waals surface area contributed by atoms with Crippen molar-refractivity contribution in [2.24, 2.45) is 10.9 Å². The number of alkyl halides is 3. The highest BCUT2D eigenvalue weighted by atomic mass is 127. The normalized spacial score (nSPS) is 14.8. The fourth-order valence-electron chi connectivity index (χ4n) is 2.15. The molecule has 2 N–H and O–H groups in total. The summed E-state index contributed by atoms with van der Waals surface area (Å²) in [4.78, 5) is 4.27. The van der Waals surface area contributed by atoms with Crippen molar-refractivity contribution >= 4 is 29.9 Å². The Hall–Kier alpha value is -1.19. The highest BCUT2D eigenvalue weighted by Crippen LogP contribution is 2.34. The SMILES string of the molecule is CCNC(=NCc1ccc(OC)cc1C(F)(F)F)NCC1CC1.I. The number of nitrogens with one attached hydrogen (secondary N) is 2. The van der Waals surface area contributed by atoms with Gasteiger partial charge in [0.1, 0.15) is 5.75 Å². The van der Waals surface area contributed by atoms with Gasteiger partial charge in [0.05, 0.1) is 19.2 Å². The summed E-state index contributed by atoms with van der Waals surface area (Å²) >= 11 is 0. The quantitative estimate of drug-likeness (QED) is 0.388. The lowest BCUT2D eigenvalue weighted by Crippen LogP contribution is -2.38. The van der Waals surface area contributed by atoms with Crippen molar-refractivity contribution in [3.63, 3.8) is 0 Å². The molecule has 1 aliphatic rings. The zero-order chi connectivity index (χ0) is 16.9. The second-order valence-corrected chi connectivity index (χ2v) is 5.54. The van der Waals surface area contributed by atoms with Gasteiger partial charge in [-0.2, -0.15) is 13.2 Å². The largest absolute Gasteiger partial charge is 0.497 e. The van der Waals surface area contributed by atoms with E-state index in [2.05, 4.69) is 15.6 Å². The molecule has 1 aromatic carbocycles. The minimum atomic E-state index is -4.43. The average Bonchev–Trinajstić information content (AvgIpc) is 3.33. The molecule has 4 nitrogen and oxygen atoms in total. The van der Waals surface area contributed by atoms with Gasteiger partial charge in [-0.25, -0.2) is 4.99 Å². The van der Waals surface area contributed by atoms with E-state index in [0.29, 0.717) is 18.4 Å². The zero-order valence-corrected chi connectivity index (χ0v) is 16.1. The van der Waals surface area contributed by atoms with Crippen LogP contribution in [0.25, 0.3) is 0 Å². The lowest BCUT2D eigenvalue weighted by Gasteiger charge is -2.14. The molecule has 8 heteroatoms. The number of halogens is 4. The van der Waals surface area contributed by atoms with Gasteiger partial charge in [-0.3, -0.25) is 0 Å². The molecule has 0 atom stereocenters. The monoisotopic (exact) mass is 457 g/mol. The molecule has 24 heavy (non-hydrogen) atoms. The Bertz CT molecular complexity index is 560. The molecule has 0 aliphatic heterocycles. The highest BCUT2D eigenvalue weighted by molar-refractivity contribution is 14.0. The number of rotatable bonds is 6. The smallest absolute Gasteiger partial charge is 0.416 e. The standard InChI is InChI=1S/C16H22F3N3O.HI/c1-3-20-15(21-9-11-4-5-11)22-10-12-6-7-13(23-2)8-14(12)16(17,18)19;/h6-8,11H,3-5,9-10H2,1-2H3,(H2,20,21,22);1H. The molecule has 1 aliphatic carbocycles. The Morgan fingerprint density at radius 1 is 1.29 bits per heavy atom. The molecule has 0 unspecified atom stereocenters. The molecule has 0 spiro atoms. The number of benzene rings is 1. The molecule has 0 saturated heterocycles. The summed E-state index contributed by atoms with van der Waals surface area (Å²) in [6, 6.07) is 3.94. The van der Waals surface area contributed by atoms with Gasteiger partial charge in [0.15, 0.2) is 5.96 Å². The molecule has 1 aromatic rings. The summed E-state index contributed by atoms with van der Waals surface area (Å²) in [6.07, 6.45) is -2.04. The number of aliphatic imine (C=N–C) groups is 1. The molecule has 0 heterocycles. The van der Waals surface area contributed by atoms with E-state index < -0.39 is 11.7 Å². The van der Waals surface area contributed by atoms with Crippen molar-refractivity contribution in [3.05, 3.63) is 29.3 Å². The van der Waals surface area contributed by atoms with Crippen LogP contribution in [0.3, 0.4) is 0 Å². The zero-order valence-electron chi connectivity index (χ0n) is 13.7. The van der Waals surface area contributed by atoms with Gasteiger partial charge in [-0.15, -0.1) is 24.0 Å². The van der Waals surface area contributed by atoms with Crippen molar-refractivity contribution in [2.75, 3.05) is 20.2 Å². The van der Waals surface area contributed by atoms with Gasteiger partial charge in [-0.1, -0.05) is 6.07 Å². The van der Waals surface area contributed by atoms with Crippen molar-refractivity contribution in [3.8, 4) is 5.75 Å². The van der Waals surface area contributed by atoms with E-state index in [1.54, 1.807) is 0 Å². The summed E-state index contributed by atoms with van der Waals surface area (Å²) in [5.41, 5.74) is -0.583. The van der Waals surface area contributed by atoms with Crippen molar-refractivity contribution in [1.29, 1.82) is 0 Å². The molecule has 1 saturated carbocycles. The van der Waals surface area contributed by atoms with E-state index in [4.69, 9.17) is 4.74 Å². The lowest BCUT2D eigenvalue weighted by atomic mass is 10.1. The van der Waals surface area contributed by atoms with Gasteiger partial charge in [0, 0.05) is 13.1 Å². The fourth-order valence-corrected chi connectivity index (χ4v) is 2.15. The second-order valence-electron chi connectivity index (χ2n) is 5.54. The van der Waals surface area contributed by atoms with Crippen LogP contribution in [-0.4, -0.2) is 26.2 Å². The molecule has 0 aromatic heterocycles. The first kappa shape index (κ1) is 20.9. The van der Waals surface area contributed by atoms with E-state index in [1.165, 1.54) is 32.1 Å². The maximum Gasteiger partial charge on any atom is 0.416 e. The van der Waals surface area contributed by atoms with Gasteiger partial charge in [0.25, 0.3) is 0 Å². The number of hydrogen-bond donors (Lipinski definition) is 2. The summed E-state index contributed by atoms with van der Waals surface area (Å²) < 4.78 is 44.4. The molecule has 0 radical (unpaired) electrons. The highest BCUT2D eigenvalue weighted by Gasteiger charge is 2.33. The summed E-state index contributed by atoms with van der Waals surface area (Å²) in [5.74, 6) is 1.39. The molecule has 136 valence electrons. The van der Waals surface area contributed by atoms with Crippen LogP contribution in [0.5, 0.6) is 5.75 Å². The Morgan fingerprint density at radius 2 is 2.00 bits per heavy atom. The summed E-state index contributed by atoms with van der Waals surface area (Å²) in [7, 11) is 1.35. The van der Waals surface area contributed by atoms with Crippen molar-refractivity contribution in [2.45, 2.75) is 32.5 Å². The van der Waals surface area contributed by atoms with Crippen LogP contribution in [0.4, 0.5) is 13.2 Å². The minimum Gasteiger partial charge on any atom is -0.497 e. The lowest BCUT2D eigenvalue weighted by molar-refractivity contribution is -0.138. The van der Waals surface area contributed by atoms with E-state index in [1.807, 2.05) is 6.92 Å². The van der Waals surface area contributed by atoms with E-state index in [0.717, 1.165) is 12.6 Å². The summed E-state index contributed by atoms with van der Waals surface area (Å²) in [6.45, 7) is 3.34. The number of nitrogens with zero attached hydrogens (tertiary/aromatic N) is 1. The van der Waals surface area contributed by atoms with Crippen LogP contribution in [0, 0.1) is 5.92 Å². The first-order chi connectivity index (χ1) is 10.9. The molecular formula is C16H23F3IN3O. The number of ether oxygens (including phenoxy) is 1. The van der Waals surface area contributed by atoms with Gasteiger partial charge in [0.2, 0.25) is 0 Å². The van der Waals surface area contributed by atoms with Crippen molar-refractivity contribution in [1.82, 2.24) is 10.6 Å². The minimum absolute atomic E-state index is 0. The third-order valence-electron chi connectivity index (χ3n) is 3.63. The van der Waals surface area contributed by atoms with Crippen LogP contribution < -0.4 is 15.4 Å². The number of hydrogen-bond acceptors (Lipinski definition) is 2. The second kappa shape index (κ2) is 9.33. The first-order valence-electron chi connectivity index (χ1n) is 7.70. The molecule has 0 bridgehead atoms. The summed E-state index contributed by atoms with van der Waals surface area (Å²) in [5, 5.41) is 6.22. The third kappa shape index (κ3) is 6.37. The maximum absolute atomic E-state index is 13.2. The van der Waals surface area contributed by atoms with Crippen LogP contribution in [0.15, 0.2) is 23.2 Å².